The monoisotopic (exact) mass is 108 g/mol. The highest BCUT2D eigenvalue weighted by Gasteiger charge is 2.52. The third-order valence-corrected chi connectivity index (χ3v) is 2.10. The molecule has 0 saturated carbocycles. The highest BCUT2D eigenvalue weighted by Crippen LogP contribution is 2.65. The number of hydrogen-bond acceptors (Lipinski definition) is 3. The number of hydrogen-bond donors (Lipinski definition) is 2. The van der Waals surface area contributed by atoms with Gasteiger partial charge in [-0.2, -0.15) is 10.0 Å². The number of aliphatic hydroxyl groups is 1. The minimum Gasteiger partial charge on any atom is -0.358 e. The van der Waals surface area contributed by atoms with Gasteiger partial charge in [-0.15, -0.1) is 0 Å². The molecule has 0 aromatic rings. The van der Waals surface area contributed by atoms with E-state index in [0.717, 1.165) is 0 Å². The first-order valence-electron chi connectivity index (χ1n) is 1.68. The average molecular weight is 108 g/mol. The SMILES string of the molecule is N[P+]1(CO)CO1. The van der Waals surface area contributed by atoms with Gasteiger partial charge in [0.1, 0.15) is 0 Å². The molecule has 3 N–H and O–H groups in total. The lowest BCUT2D eigenvalue weighted by Gasteiger charge is -1.81. The van der Waals surface area contributed by atoms with Gasteiger partial charge in [0, 0.05) is 0 Å². The molecule has 0 radical (unpaired) electrons. The zero-order valence-electron chi connectivity index (χ0n) is 3.29. The van der Waals surface area contributed by atoms with Gasteiger partial charge in [0.2, 0.25) is 6.35 Å². The summed E-state index contributed by atoms with van der Waals surface area (Å²) in [6, 6.07) is 0. The van der Waals surface area contributed by atoms with Crippen molar-refractivity contribution < 1.29 is 9.63 Å². The van der Waals surface area contributed by atoms with Crippen LogP contribution in [0.25, 0.3) is 0 Å². The van der Waals surface area contributed by atoms with Crippen LogP contribution in [0, 0.1) is 0 Å². The van der Waals surface area contributed by atoms with Crippen molar-refractivity contribution in [1.29, 1.82) is 0 Å². The Morgan fingerprint density at radius 1 is 2.00 bits per heavy atom. The van der Waals surface area contributed by atoms with E-state index < -0.39 is 7.64 Å². The molecule has 0 aliphatic carbocycles. The summed E-state index contributed by atoms with van der Waals surface area (Å²) in [5, 5.41) is 8.26. The maximum Gasteiger partial charge on any atom is 0.272 e. The second-order valence-electron chi connectivity index (χ2n) is 1.35. The maximum absolute atomic E-state index is 8.26. The first-order chi connectivity index (χ1) is 2.77. The molecule has 1 rings (SSSR count). The van der Waals surface area contributed by atoms with Crippen LogP contribution in [-0.4, -0.2) is 17.8 Å². The van der Waals surface area contributed by atoms with Crippen LogP contribution in [0.1, 0.15) is 0 Å². The third kappa shape index (κ3) is 0.684. The van der Waals surface area contributed by atoms with Gasteiger partial charge in [0.25, 0.3) is 7.64 Å². The van der Waals surface area contributed by atoms with Crippen molar-refractivity contribution in [2.45, 2.75) is 0 Å². The topological polar surface area (TPSA) is 58.8 Å². The van der Waals surface area contributed by atoms with Crippen LogP contribution in [0.4, 0.5) is 0 Å². The van der Waals surface area contributed by atoms with Gasteiger partial charge in [-0.1, -0.05) is 0 Å². The summed E-state index contributed by atoms with van der Waals surface area (Å²) in [5.41, 5.74) is 5.28. The molecule has 0 amide bonds. The summed E-state index contributed by atoms with van der Waals surface area (Å²) in [6.07, 6.45) is 0.663. The molecule has 36 valence electrons. The molecule has 0 aromatic carbocycles. The van der Waals surface area contributed by atoms with E-state index in [1.54, 1.807) is 0 Å². The lowest BCUT2D eigenvalue weighted by atomic mass is 11.7. The molecule has 1 aliphatic rings. The summed E-state index contributed by atoms with van der Waals surface area (Å²) in [5.74, 6) is 0. The Hall–Kier alpha value is 0.310. The fourth-order valence-electron chi connectivity index (χ4n) is 0.156. The Kier molecular flexibility index (Phi) is 0.848. The molecular formula is C2H7NO2P+. The van der Waals surface area contributed by atoms with E-state index in [-0.39, 0.29) is 6.35 Å². The van der Waals surface area contributed by atoms with Crippen molar-refractivity contribution >= 4 is 7.64 Å². The van der Waals surface area contributed by atoms with Gasteiger partial charge < -0.3 is 5.11 Å². The Balaban J connectivity index is 2.28. The average Bonchev–Trinajstić information content (AvgIpc) is 2.22. The van der Waals surface area contributed by atoms with Crippen molar-refractivity contribution in [3.8, 4) is 0 Å². The first kappa shape index (κ1) is 4.47. The van der Waals surface area contributed by atoms with E-state index in [4.69, 9.17) is 10.6 Å². The molecule has 6 heavy (non-hydrogen) atoms. The van der Waals surface area contributed by atoms with Crippen molar-refractivity contribution in [3.05, 3.63) is 0 Å². The predicted molar refractivity (Wildman–Crippen MR) is 24.1 cm³/mol. The highest BCUT2D eigenvalue weighted by molar-refractivity contribution is 7.73. The lowest BCUT2D eigenvalue weighted by molar-refractivity contribution is 0.363. The van der Waals surface area contributed by atoms with Crippen LogP contribution >= 0.6 is 7.64 Å². The predicted octanol–water partition coefficient (Wildman–Crippen LogP) is -0.270. The minimum absolute atomic E-state index is 0.0486. The van der Waals surface area contributed by atoms with Crippen molar-refractivity contribution in [2.24, 2.45) is 5.50 Å². The molecule has 1 fully saturated rings. The highest BCUT2D eigenvalue weighted by atomic mass is 31.2. The minimum atomic E-state index is -1.59. The van der Waals surface area contributed by atoms with E-state index in [9.17, 15) is 0 Å². The Morgan fingerprint density at radius 2 is 2.50 bits per heavy atom. The normalized spacial score (nSPS) is 43.0. The van der Waals surface area contributed by atoms with Gasteiger partial charge in [-0.05, 0) is 0 Å². The first-order valence-corrected chi connectivity index (χ1v) is 3.82. The van der Waals surface area contributed by atoms with Crippen molar-refractivity contribution in [3.63, 3.8) is 0 Å². The van der Waals surface area contributed by atoms with Crippen LogP contribution in [0.15, 0.2) is 0 Å². The van der Waals surface area contributed by atoms with Crippen molar-refractivity contribution in [1.82, 2.24) is 0 Å². The van der Waals surface area contributed by atoms with E-state index in [0.29, 0.717) is 6.35 Å². The summed E-state index contributed by atoms with van der Waals surface area (Å²) in [4.78, 5) is 0. The summed E-state index contributed by atoms with van der Waals surface area (Å²) in [6.45, 7) is 0. The molecule has 1 aliphatic heterocycles. The fraction of sp³-hybridized carbons (Fsp3) is 1.00. The molecule has 1 atom stereocenters. The van der Waals surface area contributed by atoms with Gasteiger partial charge in [-0.3, -0.25) is 0 Å². The van der Waals surface area contributed by atoms with E-state index in [1.807, 2.05) is 0 Å². The molecule has 1 saturated heterocycles. The Labute approximate surface area is 36.6 Å². The molecule has 4 heteroatoms. The summed E-state index contributed by atoms with van der Waals surface area (Å²) >= 11 is 0. The Morgan fingerprint density at radius 3 is 2.50 bits per heavy atom. The van der Waals surface area contributed by atoms with Crippen LogP contribution in [-0.2, 0) is 4.52 Å². The Bertz CT molecular complexity index is 62.6. The molecular weight excluding hydrogens is 101 g/mol. The van der Waals surface area contributed by atoms with Gasteiger partial charge in [-0.25, -0.2) is 0 Å². The number of aliphatic hydroxyl groups excluding tert-OH is 1. The second-order valence-corrected chi connectivity index (χ2v) is 4.06. The number of rotatable bonds is 1. The van der Waals surface area contributed by atoms with Crippen LogP contribution in [0.3, 0.4) is 0 Å². The van der Waals surface area contributed by atoms with E-state index in [1.165, 1.54) is 0 Å². The molecule has 0 bridgehead atoms. The zero-order chi connectivity index (χ0) is 4.62. The van der Waals surface area contributed by atoms with Crippen LogP contribution in [0.5, 0.6) is 0 Å². The second kappa shape index (κ2) is 1.14. The fourth-order valence-corrected chi connectivity index (χ4v) is 0.912. The summed E-state index contributed by atoms with van der Waals surface area (Å²) in [7, 11) is -1.59. The standard InChI is InChI=1S/C2H7NO2P/c3-6(1-4)2-5-6/h4H,1-3H2/q+1. The van der Waals surface area contributed by atoms with E-state index in [2.05, 4.69) is 4.52 Å². The zero-order valence-corrected chi connectivity index (χ0v) is 4.19. The van der Waals surface area contributed by atoms with Gasteiger partial charge in [0.15, 0.2) is 6.35 Å². The molecule has 1 heterocycles. The van der Waals surface area contributed by atoms with Crippen LogP contribution < -0.4 is 5.50 Å². The van der Waals surface area contributed by atoms with Gasteiger partial charge in [0.05, 0.1) is 0 Å². The molecule has 3 nitrogen and oxygen atoms in total. The summed E-state index contributed by atoms with van der Waals surface area (Å²) < 4.78 is 4.68. The van der Waals surface area contributed by atoms with Crippen LogP contribution in [0.2, 0.25) is 0 Å². The van der Waals surface area contributed by atoms with Gasteiger partial charge >= 0.3 is 0 Å². The molecule has 0 aromatic heterocycles. The van der Waals surface area contributed by atoms with E-state index >= 15 is 0 Å². The van der Waals surface area contributed by atoms with Crippen molar-refractivity contribution in [2.75, 3.05) is 12.7 Å². The number of nitrogens with two attached hydrogens (primary N) is 1. The third-order valence-electron chi connectivity index (χ3n) is 0.700. The largest absolute Gasteiger partial charge is 0.358 e. The smallest absolute Gasteiger partial charge is 0.272 e. The maximum atomic E-state index is 8.26. The molecule has 1 unspecified atom stereocenters. The molecule has 0 spiro atoms. The lowest BCUT2D eigenvalue weighted by Crippen LogP contribution is -1.91. The quantitative estimate of drug-likeness (QED) is 0.359.